The Morgan fingerprint density at radius 2 is 1.97 bits per heavy atom. The van der Waals surface area contributed by atoms with Gasteiger partial charge in [0.05, 0.1) is 23.0 Å². The number of aromatic amines is 2. The maximum atomic E-state index is 8.95. The van der Waals surface area contributed by atoms with Gasteiger partial charge in [-0.15, -0.1) is 0 Å². The molecule has 1 aromatic carbocycles. The zero-order valence-electron chi connectivity index (χ0n) is 16.6. The van der Waals surface area contributed by atoms with Crippen LogP contribution in [0, 0.1) is 11.3 Å². The molecule has 0 radical (unpaired) electrons. The Morgan fingerprint density at radius 1 is 1.13 bits per heavy atom. The standard InChI is InChI=1S/C23H23N7/c24-13-16-1-3-17(4-2-16)15-30-11-7-18(8-12-30)28-22-19-5-9-25-23(19)26-14-20(22)21-6-10-27-29-21/h1-6,9-10,14,18H,7-8,11-12,15H2,(H,27,29)(H2,25,26,28). The second-order valence-electron chi connectivity index (χ2n) is 7.76. The number of rotatable bonds is 5. The van der Waals surface area contributed by atoms with E-state index < -0.39 is 0 Å². The third-order valence-electron chi connectivity index (χ3n) is 5.80. The summed E-state index contributed by atoms with van der Waals surface area (Å²) in [6.07, 6.45) is 7.75. The molecular weight excluding hydrogens is 374 g/mol. The summed E-state index contributed by atoms with van der Waals surface area (Å²) in [6, 6.07) is 14.5. The minimum absolute atomic E-state index is 0.407. The van der Waals surface area contributed by atoms with E-state index in [2.05, 4.69) is 54.7 Å². The van der Waals surface area contributed by atoms with Crippen LogP contribution >= 0.6 is 0 Å². The Morgan fingerprint density at radius 3 is 2.70 bits per heavy atom. The number of hydrogen-bond acceptors (Lipinski definition) is 5. The van der Waals surface area contributed by atoms with Gasteiger partial charge in [0.15, 0.2) is 0 Å². The highest BCUT2D eigenvalue weighted by molar-refractivity contribution is 5.97. The summed E-state index contributed by atoms with van der Waals surface area (Å²) in [5.74, 6) is 0. The van der Waals surface area contributed by atoms with Crippen LogP contribution in [-0.2, 0) is 6.54 Å². The molecule has 150 valence electrons. The van der Waals surface area contributed by atoms with Crippen LogP contribution in [0.1, 0.15) is 24.0 Å². The number of nitriles is 1. The van der Waals surface area contributed by atoms with Crippen LogP contribution in [-0.4, -0.2) is 44.2 Å². The second kappa shape index (κ2) is 8.01. The lowest BCUT2D eigenvalue weighted by molar-refractivity contribution is 0.211. The highest BCUT2D eigenvalue weighted by Crippen LogP contribution is 2.33. The molecule has 0 amide bonds. The van der Waals surface area contributed by atoms with Crippen molar-refractivity contribution in [2.75, 3.05) is 18.4 Å². The predicted octanol–water partition coefficient (Wildman–Crippen LogP) is 3.90. The maximum absolute atomic E-state index is 8.95. The largest absolute Gasteiger partial charge is 0.381 e. The van der Waals surface area contributed by atoms with E-state index in [1.165, 1.54) is 5.56 Å². The fourth-order valence-electron chi connectivity index (χ4n) is 4.16. The van der Waals surface area contributed by atoms with Gasteiger partial charge in [0.2, 0.25) is 0 Å². The molecule has 0 unspecified atom stereocenters. The van der Waals surface area contributed by atoms with Crippen LogP contribution in [0.25, 0.3) is 22.3 Å². The third kappa shape index (κ3) is 3.65. The minimum Gasteiger partial charge on any atom is -0.381 e. The third-order valence-corrected chi connectivity index (χ3v) is 5.80. The Hall–Kier alpha value is -3.63. The van der Waals surface area contributed by atoms with E-state index in [4.69, 9.17) is 5.26 Å². The minimum atomic E-state index is 0.407. The Balaban J connectivity index is 1.28. The molecule has 5 rings (SSSR count). The van der Waals surface area contributed by atoms with E-state index in [1.807, 2.05) is 30.6 Å². The predicted molar refractivity (Wildman–Crippen MR) is 117 cm³/mol. The molecule has 0 bridgehead atoms. The molecule has 0 saturated carbocycles. The number of benzene rings is 1. The van der Waals surface area contributed by atoms with Crippen molar-refractivity contribution in [1.82, 2.24) is 25.1 Å². The van der Waals surface area contributed by atoms with E-state index in [-0.39, 0.29) is 0 Å². The number of pyridine rings is 1. The molecule has 4 heterocycles. The average molecular weight is 397 g/mol. The fraction of sp³-hybridized carbons (Fsp3) is 0.261. The maximum Gasteiger partial charge on any atom is 0.139 e. The van der Waals surface area contributed by atoms with Gasteiger partial charge < -0.3 is 10.3 Å². The number of nitrogens with one attached hydrogen (secondary N) is 3. The molecular formula is C23H23N7. The molecule has 4 aromatic rings. The first kappa shape index (κ1) is 18.4. The van der Waals surface area contributed by atoms with Crippen molar-refractivity contribution < 1.29 is 0 Å². The topological polar surface area (TPSA) is 96.4 Å². The number of fused-ring (bicyclic) bond motifs is 1. The van der Waals surface area contributed by atoms with Gasteiger partial charge in [0.1, 0.15) is 5.65 Å². The summed E-state index contributed by atoms with van der Waals surface area (Å²) < 4.78 is 0. The molecule has 0 spiro atoms. The van der Waals surface area contributed by atoms with Crippen molar-refractivity contribution in [3.05, 3.63) is 66.1 Å². The average Bonchev–Trinajstić information content (AvgIpc) is 3.48. The Bertz CT molecular complexity index is 1160. The van der Waals surface area contributed by atoms with Gasteiger partial charge in [0, 0.05) is 55.2 Å². The molecule has 7 heteroatoms. The number of anilines is 1. The van der Waals surface area contributed by atoms with Crippen LogP contribution in [0.3, 0.4) is 0 Å². The molecule has 1 aliphatic rings. The zero-order chi connectivity index (χ0) is 20.3. The molecule has 1 saturated heterocycles. The van der Waals surface area contributed by atoms with Crippen LogP contribution < -0.4 is 5.32 Å². The van der Waals surface area contributed by atoms with Gasteiger partial charge in [-0.25, -0.2) is 4.98 Å². The number of nitrogens with zero attached hydrogens (tertiary/aromatic N) is 4. The molecule has 1 aliphatic heterocycles. The highest BCUT2D eigenvalue weighted by atomic mass is 15.1. The Labute approximate surface area is 174 Å². The van der Waals surface area contributed by atoms with Crippen molar-refractivity contribution in [3.63, 3.8) is 0 Å². The van der Waals surface area contributed by atoms with Crippen LogP contribution in [0.5, 0.6) is 0 Å². The quantitative estimate of drug-likeness (QED) is 0.475. The van der Waals surface area contributed by atoms with Crippen molar-refractivity contribution >= 4 is 16.7 Å². The van der Waals surface area contributed by atoms with Gasteiger partial charge in [-0.1, -0.05) is 12.1 Å². The van der Waals surface area contributed by atoms with Crippen LogP contribution in [0.4, 0.5) is 5.69 Å². The summed E-state index contributed by atoms with van der Waals surface area (Å²) in [5, 5.41) is 21.0. The van der Waals surface area contributed by atoms with E-state index in [9.17, 15) is 0 Å². The monoisotopic (exact) mass is 397 g/mol. The highest BCUT2D eigenvalue weighted by Gasteiger charge is 2.22. The number of aromatic nitrogens is 4. The van der Waals surface area contributed by atoms with Crippen molar-refractivity contribution in [2.45, 2.75) is 25.4 Å². The first-order valence-corrected chi connectivity index (χ1v) is 10.2. The summed E-state index contributed by atoms with van der Waals surface area (Å²) in [7, 11) is 0. The summed E-state index contributed by atoms with van der Waals surface area (Å²) in [4.78, 5) is 10.2. The van der Waals surface area contributed by atoms with E-state index in [1.54, 1.807) is 6.20 Å². The molecule has 3 aromatic heterocycles. The zero-order valence-corrected chi connectivity index (χ0v) is 16.6. The molecule has 7 nitrogen and oxygen atoms in total. The first-order valence-electron chi connectivity index (χ1n) is 10.2. The molecule has 30 heavy (non-hydrogen) atoms. The van der Waals surface area contributed by atoms with Gasteiger partial charge in [-0.3, -0.25) is 10.00 Å². The molecule has 0 atom stereocenters. The lowest BCUT2D eigenvalue weighted by Gasteiger charge is -2.33. The van der Waals surface area contributed by atoms with Crippen molar-refractivity contribution in [1.29, 1.82) is 5.26 Å². The summed E-state index contributed by atoms with van der Waals surface area (Å²) >= 11 is 0. The van der Waals surface area contributed by atoms with E-state index >= 15 is 0 Å². The lowest BCUT2D eigenvalue weighted by atomic mass is 10.0. The second-order valence-corrected chi connectivity index (χ2v) is 7.76. The van der Waals surface area contributed by atoms with Gasteiger partial charge in [-0.2, -0.15) is 10.4 Å². The normalized spacial score (nSPS) is 15.3. The fourth-order valence-corrected chi connectivity index (χ4v) is 4.16. The number of hydrogen-bond donors (Lipinski definition) is 3. The summed E-state index contributed by atoms with van der Waals surface area (Å²) in [5.41, 5.74) is 5.97. The van der Waals surface area contributed by atoms with Crippen LogP contribution in [0.2, 0.25) is 0 Å². The number of H-pyrrole nitrogens is 2. The van der Waals surface area contributed by atoms with Crippen molar-refractivity contribution in [2.24, 2.45) is 0 Å². The van der Waals surface area contributed by atoms with E-state index in [0.29, 0.717) is 11.6 Å². The Kier molecular flexibility index (Phi) is 4.91. The first-order chi connectivity index (χ1) is 14.8. The summed E-state index contributed by atoms with van der Waals surface area (Å²) in [6.45, 7) is 3.01. The number of piperidine rings is 1. The number of likely N-dealkylation sites (tertiary alicyclic amines) is 1. The van der Waals surface area contributed by atoms with Crippen molar-refractivity contribution in [3.8, 4) is 17.3 Å². The smallest absolute Gasteiger partial charge is 0.139 e. The molecule has 3 N–H and O–H groups in total. The molecule has 1 fully saturated rings. The van der Waals surface area contributed by atoms with Gasteiger partial charge in [-0.05, 0) is 42.7 Å². The van der Waals surface area contributed by atoms with Crippen LogP contribution in [0.15, 0.2) is 55.0 Å². The van der Waals surface area contributed by atoms with Gasteiger partial charge in [0.25, 0.3) is 0 Å². The van der Waals surface area contributed by atoms with Gasteiger partial charge >= 0.3 is 0 Å². The lowest BCUT2D eigenvalue weighted by Crippen LogP contribution is -2.38. The molecule has 0 aliphatic carbocycles. The van der Waals surface area contributed by atoms with E-state index in [0.717, 1.165) is 60.5 Å². The SMILES string of the molecule is N#Cc1ccc(CN2CCC(Nc3c(-c4ccn[nH]4)cnc4[nH]ccc34)CC2)cc1.